The van der Waals surface area contributed by atoms with Gasteiger partial charge in [0, 0.05) is 6.42 Å². The Morgan fingerprint density at radius 3 is 1.94 bits per heavy atom. The van der Waals surface area contributed by atoms with Gasteiger partial charge in [-0.2, -0.15) is 0 Å². The minimum absolute atomic E-state index is 0.0744. The maximum atomic E-state index is 12.8. The minimum atomic E-state index is -1.51. The van der Waals surface area contributed by atoms with Gasteiger partial charge in [0.05, 0.1) is 18.5 Å². The van der Waals surface area contributed by atoms with Crippen molar-refractivity contribution in [2.45, 2.75) is 83.0 Å². The minimum Gasteiger partial charge on any atom is -0.481 e. The molecule has 13 heteroatoms. The third-order valence-corrected chi connectivity index (χ3v) is 4.76. The first-order chi connectivity index (χ1) is 15.9. The van der Waals surface area contributed by atoms with Gasteiger partial charge in [0.15, 0.2) is 0 Å². The van der Waals surface area contributed by atoms with Crippen LogP contribution in [0.5, 0.6) is 0 Å². The Hall–Kier alpha value is -3.06. The molecule has 0 unspecified atom stereocenters. The number of carboxylic acid groups (broad SMARTS) is 2. The molecule has 0 bridgehead atoms. The zero-order valence-corrected chi connectivity index (χ0v) is 19.5. The lowest BCUT2D eigenvalue weighted by Crippen LogP contribution is -2.57. The maximum Gasteiger partial charge on any atom is 0.305 e. The zero-order chi connectivity index (χ0) is 26.3. The van der Waals surface area contributed by atoms with Gasteiger partial charge in [0.25, 0.3) is 0 Å². The van der Waals surface area contributed by atoms with Gasteiger partial charge >= 0.3 is 11.9 Å². The highest BCUT2D eigenvalue weighted by Gasteiger charge is 2.30. The number of aliphatic carboxylic acids is 2. The van der Waals surface area contributed by atoms with Gasteiger partial charge in [0.2, 0.25) is 24.0 Å². The fraction of sp³-hybridized carbons (Fsp3) is 0.714. The summed E-state index contributed by atoms with van der Waals surface area (Å²) in [6, 6.07) is -4.83. The molecule has 0 aromatic heterocycles. The molecule has 0 aromatic carbocycles. The Kier molecular flexibility index (Phi) is 15.0. The number of carbonyl (C=O) groups is 5. The molecule has 9 N–H and O–H groups in total. The second kappa shape index (κ2) is 16.5. The zero-order valence-electron chi connectivity index (χ0n) is 19.5. The second-order valence-corrected chi connectivity index (χ2v) is 8.35. The summed E-state index contributed by atoms with van der Waals surface area (Å²) in [4.78, 5) is 70.8. The Balaban J connectivity index is 5.35. The highest BCUT2D eigenvalue weighted by molar-refractivity contribution is 5.95. The smallest absolute Gasteiger partial charge is 0.305 e. The van der Waals surface area contributed by atoms with E-state index in [1.807, 2.05) is 0 Å². The van der Waals surface area contributed by atoms with Crippen LogP contribution in [0.15, 0.2) is 0 Å². The van der Waals surface area contributed by atoms with E-state index in [4.69, 9.17) is 21.7 Å². The molecule has 34 heavy (non-hydrogen) atoms. The van der Waals surface area contributed by atoms with E-state index in [0.29, 0.717) is 19.4 Å². The van der Waals surface area contributed by atoms with Crippen LogP contribution in [0.2, 0.25) is 0 Å². The summed E-state index contributed by atoms with van der Waals surface area (Å²) >= 11 is 0. The number of rotatable bonds is 18. The Morgan fingerprint density at radius 2 is 1.44 bits per heavy atom. The summed E-state index contributed by atoms with van der Waals surface area (Å²) in [7, 11) is 0. The van der Waals surface area contributed by atoms with E-state index in [2.05, 4.69) is 16.0 Å². The molecule has 3 amide bonds. The van der Waals surface area contributed by atoms with Crippen LogP contribution in [-0.4, -0.2) is 76.9 Å². The topological polar surface area (TPSA) is 231 Å². The molecule has 0 saturated carbocycles. The standard InChI is InChI=1S/C21H36N5O8/c1-12(2)9-15(25-19(32)14(23)6-7-17(28)29)21(34)26-16(10-18(30)31)20(33)24-13(11-27)5-3-4-8-22/h12-16H,3-10,22-23H2,1-2H3,(H,24,33)(H,25,32)(H,26,34)(H,28,29)(H,30,31)/t13-,14-,15-,16-/m0/s1. The Labute approximate surface area is 198 Å². The van der Waals surface area contributed by atoms with Crippen molar-refractivity contribution in [3.63, 3.8) is 0 Å². The van der Waals surface area contributed by atoms with Crippen molar-refractivity contribution in [3.8, 4) is 0 Å². The van der Waals surface area contributed by atoms with Crippen LogP contribution in [-0.2, 0) is 28.8 Å². The first kappa shape index (κ1) is 30.9. The van der Waals surface area contributed by atoms with Crippen LogP contribution < -0.4 is 27.4 Å². The van der Waals surface area contributed by atoms with E-state index in [0.717, 1.165) is 0 Å². The normalized spacial score (nSPS) is 14.4. The van der Waals surface area contributed by atoms with Crippen molar-refractivity contribution >= 4 is 35.9 Å². The molecule has 4 atom stereocenters. The predicted molar refractivity (Wildman–Crippen MR) is 121 cm³/mol. The molecule has 0 fully saturated rings. The number of hydrogen-bond acceptors (Lipinski definition) is 8. The van der Waals surface area contributed by atoms with E-state index in [-0.39, 0.29) is 31.6 Å². The molecular weight excluding hydrogens is 450 g/mol. The quantitative estimate of drug-likeness (QED) is 0.110. The van der Waals surface area contributed by atoms with Gasteiger partial charge in [0.1, 0.15) is 12.1 Å². The molecule has 0 rings (SSSR count). The van der Waals surface area contributed by atoms with Crippen molar-refractivity contribution < 1.29 is 39.0 Å². The van der Waals surface area contributed by atoms with Crippen molar-refractivity contribution in [1.29, 1.82) is 0 Å². The van der Waals surface area contributed by atoms with Crippen molar-refractivity contribution in [2.75, 3.05) is 6.54 Å². The molecule has 0 aliphatic carbocycles. The Morgan fingerprint density at radius 1 is 0.853 bits per heavy atom. The number of nitrogens with one attached hydrogen (secondary N) is 3. The average Bonchev–Trinajstić information content (AvgIpc) is 2.74. The van der Waals surface area contributed by atoms with Gasteiger partial charge in [-0.15, -0.1) is 0 Å². The first-order valence-electron chi connectivity index (χ1n) is 11.1. The number of amides is 3. The predicted octanol–water partition coefficient (Wildman–Crippen LogP) is -1.61. The summed E-state index contributed by atoms with van der Waals surface area (Å²) in [5.41, 5.74) is 11.1. The van der Waals surface area contributed by atoms with Gasteiger partial charge in [-0.1, -0.05) is 13.8 Å². The number of nitrogens with two attached hydrogens (primary N) is 2. The van der Waals surface area contributed by atoms with Gasteiger partial charge < -0.3 is 37.6 Å². The van der Waals surface area contributed by atoms with Crippen LogP contribution in [0.1, 0.15) is 58.8 Å². The van der Waals surface area contributed by atoms with E-state index >= 15 is 0 Å². The lowest BCUT2D eigenvalue weighted by molar-refractivity contribution is -0.141. The van der Waals surface area contributed by atoms with Crippen LogP contribution in [0.25, 0.3) is 0 Å². The fourth-order valence-corrected chi connectivity index (χ4v) is 2.97. The molecule has 0 heterocycles. The van der Waals surface area contributed by atoms with Gasteiger partial charge in [-0.25, -0.2) is 0 Å². The number of unbranched alkanes of at least 4 members (excludes halogenated alkanes) is 1. The second-order valence-electron chi connectivity index (χ2n) is 8.35. The summed E-state index contributed by atoms with van der Waals surface area (Å²) in [5.74, 6) is -5.02. The summed E-state index contributed by atoms with van der Waals surface area (Å²) in [5, 5.41) is 25.0. The molecule has 0 spiro atoms. The molecule has 0 saturated heterocycles. The lowest BCUT2D eigenvalue weighted by atomic mass is 10.0. The van der Waals surface area contributed by atoms with Crippen LogP contribution >= 0.6 is 0 Å². The van der Waals surface area contributed by atoms with Gasteiger partial charge in [-0.3, -0.25) is 28.8 Å². The highest BCUT2D eigenvalue weighted by Crippen LogP contribution is 2.08. The van der Waals surface area contributed by atoms with E-state index < -0.39 is 60.2 Å². The van der Waals surface area contributed by atoms with Gasteiger partial charge in [-0.05, 0) is 44.6 Å². The largest absolute Gasteiger partial charge is 0.481 e. The molecule has 0 aliphatic rings. The van der Waals surface area contributed by atoms with Crippen LogP contribution in [0.3, 0.4) is 0 Å². The lowest BCUT2D eigenvalue weighted by Gasteiger charge is -2.25. The third kappa shape index (κ3) is 13.5. The highest BCUT2D eigenvalue weighted by atomic mass is 16.4. The van der Waals surface area contributed by atoms with Crippen LogP contribution in [0.4, 0.5) is 0 Å². The molecule has 1 radical (unpaired) electrons. The summed E-state index contributed by atoms with van der Waals surface area (Å²) < 4.78 is 0. The monoisotopic (exact) mass is 486 g/mol. The maximum absolute atomic E-state index is 12.8. The summed E-state index contributed by atoms with van der Waals surface area (Å²) in [6.07, 6.45) is 1.98. The van der Waals surface area contributed by atoms with E-state index in [1.54, 1.807) is 20.1 Å². The number of carbonyl (C=O) groups excluding carboxylic acids is 4. The first-order valence-corrected chi connectivity index (χ1v) is 11.1. The molecular formula is C21H36N5O8. The summed E-state index contributed by atoms with van der Waals surface area (Å²) in [6.45, 7) is 3.97. The van der Waals surface area contributed by atoms with Crippen molar-refractivity contribution in [1.82, 2.24) is 16.0 Å². The van der Waals surface area contributed by atoms with Crippen LogP contribution in [0, 0.1) is 5.92 Å². The fourth-order valence-electron chi connectivity index (χ4n) is 2.97. The van der Waals surface area contributed by atoms with Crippen molar-refractivity contribution in [2.24, 2.45) is 17.4 Å². The Bertz CT molecular complexity index is 715. The third-order valence-electron chi connectivity index (χ3n) is 4.76. The number of hydrogen-bond donors (Lipinski definition) is 7. The molecule has 13 nitrogen and oxygen atoms in total. The molecule has 0 aromatic rings. The number of carboxylic acids is 2. The van der Waals surface area contributed by atoms with E-state index in [9.17, 15) is 28.8 Å². The average molecular weight is 487 g/mol. The SMILES string of the molecule is CC(C)C[C@H](NC(=O)[C@@H](N)CCC(=O)O)C(=O)N[C@@H](CC(=O)O)C(=O)N[C@H]([C]=O)CCCCN. The van der Waals surface area contributed by atoms with E-state index in [1.165, 1.54) is 0 Å². The molecule has 193 valence electrons. The molecule has 0 aliphatic heterocycles. The van der Waals surface area contributed by atoms with Crippen molar-refractivity contribution in [3.05, 3.63) is 0 Å².